The third kappa shape index (κ3) is 3.84. The second-order valence-corrected chi connectivity index (χ2v) is 5.40. The minimum Gasteiger partial charge on any atom is -0.477 e. The monoisotopic (exact) mass is 250 g/mol. The molecule has 0 aliphatic carbocycles. The van der Waals surface area contributed by atoms with Gasteiger partial charge in [-0.1, -0.05) is 20.8 Å². The smallest absolute Gasteiger partial charge is 0.354 e. The number of carbonyl (C=O) groups excluding carboxylic acids is 1. The molecule has 0 fully saturated rings. The Hall–Kier alpha value is -1.91. The molecule has 5 nitrogen and oxygen atoms in total. The lowest BCUT2D eigenvalue weighted by Gasteiger charge is -2.23. The van der Waals surface area contributed by atoms with E-state index < -0.39 is 5.97 Å². The first-order valence-corrected chi connectivity index (χ1v) is 5.66. The van der Waals surface area contributed by atoms with Crippen LogP contribution >= 0.6 is 0 Å². The molecule has 0 atom stereocenters. The van der Waals surface area contributed by atoms with E-state index in [1.54, 1.807) is 13.1 Å². The lowest BCUT2D eigenvalue weighted by atomic mass is 9.91. The van der Waals surface area contributed by atoms with Gasteiger partial charge in [-0.2, -0.15) is 0 Å². The summed E-state index contributed by atoms with van der Waals surface area (Å²) in [4.78, 5) is 27.9. The maximum absolute atomic E-state index is 12.0. The lowest BCUT2D eigenvalue weighted by molar-refractivity contribution is -0.120. The molecule has 0 saturated carbocycles. The van der Waals surface area contributed by atoms with Gasteiger partial charge < -0.3 is 10.0 Å². The second-order valence-electron chi connectivity index (χ2n) is 5.40. The lowest BCUT2D eigenvalue weighted by Crippen LogP contribution is -2.30. The van der Waals surface area contributed by atoms with Gasteiger partial charge in [-0.25, -0.2) is 9.78 Å². The van der Waals surface area contributed by atoms with Crippen molar-refractivity contribution in [1.29, 1.82) is 0 Å². The second kappa shape index (κ2) is 5.16. The third-order valence-electron chi connectivity index (χ3n) is 2.41. The number of carboxylic acid groups (broad SMARTS) is 1. The van der Waals surface area contributed by atoms with Crippen molar-refractivity contribution < 1.29 is 14.7 Å². The Kier molecular flexibility index (Phi) is 4.06. The molecule has 0 aliphatic heterocycles. The van der Waals surface area contributed by atoms with Crippen molar-refractivity contribution in [1.82, 2.24) is 4.98 Å². The number of hydrogen-bond donors (Lipinski definition) is 1. The molecule has 1 rings (SSSR count). The summed E-state index contributed by atoms with van der Waals surface area (Å²) in [5.74, 6) is -1.10. The summed E-state index contributed by atoms with van der Waals surface area (Å²) < 4.78 is 0. The quantitative estimate of drug-likeness (QED) is 0.892. The van der Waals surface area contributed by atoms with Crippen LogP contribution in [0.25, 0.3) is 0 Å². The van der Waals surface area contributed by atoms with Gasteiger partial charge in [0.25, 0.3) is 0 Å². The van der Waals surface area contributed by atoms with Gasteiger partial charge in [0.15, 0.2) is 0 Å². The maximum atomic E-state index is 12.0. The van der Waals surface area contributed by atoms with E-state index in [-0.39, 0.29) is 17.0 Å². The van der Waals surface area contributed by atoms with Gasteiger partial charge >= 0.3 is 5.97 Å². The van der Waals surface area contributed by atoms with Crippen LogP contribution in [0.3, 0.4) is 0 Å². The van der Waals surface area contributed by atoms with Crippen molar-refractivity contribution in [2.24, 2.45) is 5.41 Å². The number of amides is 1. The van der Waals surface area contributed by atoms with Gasteiger partial charge in [0, 0.05) is 13.5 Å². The van der Waals surface area contributed by atoms with E-state index in [0.29, 0.717) is 12.1 Å². The van der Waals surface area contributed by atoms with Gasteiger partial charge in [0.2, 0.25) is 5.91 Å². The average molecular weight is 250 g/mol. The molecule has 0 unspecified atom stereocenters. The summed E-state index contributed by atoms with van der Waals surface area (Å²) in [5.41, 5.74) is 0.476. The van der Waals surface area contributed by atoms with Crippen molar-refractivity contribution in [2.75, 3.05) is 11.9 Å². The molecule has 0 saturated heterocycles. The van der Waals surface area contributed by atoms with Crippen LogP contribution in [0, 0.1) is 5.41 Å². The molecule has 0 bridgehead atoms. The molecule has 98 valence electrons. The van der Waals surface area contributed by atoms with Crippen molar-refractivity contribution in [3.05, 3.63) is 24.0 Å². The molecular weight excluding hydrogens is 232 g/mol. The average Bonchev–Trinajstić information content (AvgIpc) is 2.26. The Labute approximate surface area is 106 Å². The van der Waals surface area contributed by atoms with Crippen molar-refractivity contribution in [3.63, 3.8) is 0 Å². The molecule has 1 amide bonds. The third-order valence-corrected chi connectivity index (χ3v) is 2.41. The molecule has 5 heteroatoms. The number of hydrogen-bond acceptors (Lipinski definition) is 3. The van der Waals surface area contributed by atoms with Crippen LogP contribution in [-0.2, 0) is 4.79 Å². The highest BCUT2D eigenvalue weighted by molar-refractivity contribution is 5.93. The van der Waals surface area contributed by atoms with Crippen LogP contribution in [0.15, 0.2) is 18.3 Å². The number of carbonyl (C=O) groups is 2. The standard InChI is InChI=1S/C13H18N2O3/c1-13(2,3)7-11(16)15(4)9-5-6-10(12(17)18)14-8-9/h5-6,8H,7H2,1-4H3,(H,17,18). The molecule has 1 aromatic heterocycles. The first kappa shape index (κ1) is 14.2. The zero-order valence-electron chi connectivity index (χ0n) is 11.1. The van der Waals surface area contributed by atoms with E-state index in [1.165, 1.54) is 17.2 Å². The molecule has 0 aromatic carbocycles. The summed E-state index contributed by atoms with van der Waals surface area (Å²) in [7, 11) is 1.66. The zero-order chi connectivity index (χ0) is 13.9. The number of rotatable bonds is 3. The van der Waals surface area contributed by atoms with Crippen LogP contribution in [0.4, 0.5) is 5.69 Å². The molecular formula is C13H18N2O3. The fraction of sp³-hybridized carbons (Fsp3) is 0.462. The number of nitrogens with zero attached hydrogens (tertiary/aromatic N) is 2. The van der Waals surface area contributed by atoms with Crippen LogP contribution in [0.1, 0.15) is 37.7 Å². The van der Waals surface area contributed by atoms with Gasteiger partial charge in [-0.3, -0.25) is 4.79 Å². The van der Waals surface area contributed by atoms with Gasteiger partial charge in [0.05, 0.1) is 11.9 Å². The number of anilines is 1. The Morgan fingerprint density at radius 3 is 2.33 bits per heavy atom. The first-order valence-electron chi connectivity index (χ1n) is 5.66. The number of carboxylic acids is 1. The van der Waals surface area contributed by atoms with E-state index >= 15 is 0 Å². The molecule has 0 spiro atoms. The summed E-state index contributed by atoms with van der Waals surface area (Å²) in [5, 5.41) is 8.73. The molecule has 1 heterocycles. The summed E-state index contributed by atoms with van der Waals surface area (Å²) in [6.07, 6.45) is 1.81. The normalized spacial score (nSPS) is 11.1. The SMILES string of the molecule is CN(C(=O)CC(C)(C)C)c1ccc(C(=O)O)nc1. The van der Waals surface area contributed by atoms with Crippen LogP contribution in [0.2, 0.25) is 0 Å². The highest BCUT2D eigenvalue weighted by Crippen LogP contribution is 2.21. The topological polar surface area (TPSA) is 70.5 Å². The Morgan fingerprint density at radius 1 is 1.33 bits per heavy atom. The predicted molar refractivity (Wildman–Crippen MR) is 68.7 cm³/mol. The van der Waals surface area contributed by atoms with Crippen LogP contribution in [-0.4, -0.2) is 29.0 Å². The predicted octanol–water partition coefficient (Wildman–Crippen LogP) is 2.18. The Balaban J connectivity index is 2.81. The number of aromatic carboxylic acids is 1. The highest BCUT2D eigenvalue weighted by atomic mass is 16.4. The minimum absolute atomic E-state index is 0.0209. The van der Waals surface area contributed by atoms with Crippen LogP contribution in [0.5, 0.6) is 0 Å². The van der Waals surface area contributed by atoms with Gasteiger partial charge in [-0.05, 0) is 17.5 Å². The maximum Gasteiger partial charge on any atom is 0.354 e. The van der Waals surface area contributed by atoms with Crippen LogP contribution < -0.4 is 4.90 Å². The molecule has 1 N–H and O–H groups in total. The van der Waals surface area contributed by atoms with E-state index in [0.717, 1.165) is 0 Å². The molecule has 0 aliphatic rings. The molecule has 18 heavy (non-hydrogen) atoms. The Morgan fingerprint density at radius 2 is 1.94 bits per heavy atom. The fourth-order valence-electron chi connectivity index (χ4n) is 1.43. The number of aromatic nitrogens is 1. The van der Waals surface area contributed by atoms with E-state index in [2.05, 4.69) is 4.98 Å². The molecule has 1 aromatic rings. The summed E-state index contributed by atoms with van der Waals surface area (Å²) >= 11 is 0. The molecule has 0 radical (unpaired) electrons. The Bertz CT molecular complexity index is 446. The van der Waals surface area contributed by atoms with Gasteiger partial charge in [0.1, 0.15) is 5.69 Å². The van der Waals surface area contributed by atoms with Gasteiger partial charge in [-0.15, -0.1) is 0 Å². The minimum atomic E-state index is -1.08. The first-order chi connectivity index (χ1) is 8.20. The summed E-state index contributed by atoms with van der Waals surface area (Å²) in [6, 6.07) is 2.97. The largest absolute Gasteiger partial charge is 0.477 e. The summed E-state index contributed by atoms with van der Waals surface area (Å²) in [6.45, 7) is 5.97. The van der Waals surface area contributed by atoms with Crippen molar-refractivity contribution in [3.8, 4) is 0 Å². The van der Waals surface area contributed by atoms with Crippen molar-refractivity contribution in [2.45, 2.75) is 27.2 Å². The fourth-order valence-corrected chi connectivity index (χ4v) is 1.43. The zero-order valence-corrected chi connectivity index (χ0v) is 11.1. The van der Waals surface area contributed by atoms with E-state index in [4.69, 9.17) is 5.11 Å². The van der Waals surface area contributed by atoms with E-state index in [9.17, 15) is 9.59 Å². The number of pyridine rings is 1. The van der Waals surface area contributed by atoms with Crippen molar-refractivity contribution >= 4 is 17.6 Å². The highest BCUT2D eigenvalue weighted by Gasteiger charge is 2.20. The van der Waals surface area contributed by atoms with E-state index in [1.807, 2.05) is 20.8 Å².